The van der Waals surface area contributed by atoms with Crippen LogP contribution < -0.4 is 5.63 Å². The molecule has 0 radical (unpaired) electrons. The third kappa shape index (κ3) is 3.65. The Morgan fingerprint density at radius 1 is 1.15 bits per heavy atom. The molecule has 0 fully saturated rings. The number of rotatable bonds is 3. The van der Waals surface area contributed by atoms with Crippen LogP contribution in [0.2, 0.25) is 0 Å². The van der Waals surface area contributed by atoms with Gasteiger partial charge in [-0.05, 0) is 36.6 Å². The second-order valence-electron chi connectivity index (χ2n) is 6.85. The first kappa shape index (κ1) is 17.9. The van der Waals surface area contributed by atoms with Gasteiger partial charge in [0.2, 0.25) is 0 Å². The summed E-state index contributed by atoms with van der Waals surface area (Å²) in [5.74, 6) is -0.273. The van der Waals surface area contributed by atoms with Crippen molar-refractivity contribution in [3.05, 3.63) is 75.6 Å². The summed E-state index contributed by atoms with van der Waals surface area (Å²) in [6, 6.07) is 15.7. The molecular formula is C22H20O4S. The molecule has 0 spiro atoms. The zero-order valence-corrected chi connectivity index (χ0v) is 16.0. The predicted octanol–water partition coefficient (Wildman–Crippen LogP) is 4.29. The molecule has 0 aliphatic heterocycles. The van der Waals surface area contributed by atoms with Crippen molar-refractivity contribution in [2.24, 2.45) is 0 Å². The first-order valence-electron chi connectivity index (χ1n) is 8.95. The van der Waals surface area contributed by atoms with Crippen LogP contribution in [0.1, 0.15) is 23.6 Å². The van der Waals surface area contributed by atoms with Crippen molar-refractivity contribution in [2.75, 3.05) is 0 Å². The molecule has 0 N–H and O–H groups in total. The Bertz CT molecular complexity index is 1060. The van der Waals surface area contributed by atoms with Gasteiger partial charge >= 0.3 is 11.6 Å². The minimum Gasteiger partial charge on any atom is -0.461 e. The molecule has 2 atom stereocenters. The van der Waals surface area contributed by atoms with E-state index in [0.717, 1.165) is 27.0 Å². The fraction of sp³-hybridized carbons (Fsp3) is 0.273. The van der Waals surface area contributed by atoms with E-state index in [2.05, 4.69) is 18.2 Å². The minimum atomic E-state index is -0.331. The number of ether oxygens (including phenoxy) is 1. The van der Waals surface area contributed by atoms with Crippen LogP contribution in [0.25, 0.3) is 11.0 Å². The van der Waals surface area contributed by atoms with Crippen LogP contribution >= 0.6 is 11.8 Å². The molecule has 2 aromatic carbocycles. The third-order valence-electron chi connectivity index (χ3n) is 4.91. The summed E-state index contributed by atoms with van der Waals surface area (Å²) in [6.45, 7) is 3.37. The van der Waals surface area contributed by atoms with Crippen molar-refractivity contribution in [1.29, 1.82) is 0 Å². The second kappa shape index (κ2) is 7.24. The molecule has 0 amide bonds. The van der Waals surface area contributed by atoms with Crippen LogP contribution in [-0.2, 0) is 22.4 Å². The van der Waals surface area contributed by atoms with Gasteiger partial charge in [0.05, 0.1) is 5.25 Å². The smallest absolute Gasteiger partial charge is 0.336 e. The maximum absolute atomic E-state index is 11.9. The second-order valence-corrected chi connectivity index (χ2v) is 8.17. The number of hydrogen-bond acceptors (Lipinski definition) is 5. The number of aryl methyl sites for hydroxylation is 1. The molecule has 1 aliphatic carbocycles. The van der Waals surface area contributed by atoms with Gasteiger partial charge in [0.15, 0.2) is 0 Å². The van der Waals surface area contributed by atoms with Crippen LogP contribution in [0, 0.1) is 6.92 Å². The topological polar surface area (TPSA) is 56.5 Å². The summed E-state index contributed by atoms with van der Waals surface area (Å²) in [5, 5.41) is 1.02. The monoisotopic (exact) mass is 380 g/mol. The van der Waals surface area contributed by atoms with Crippen molar-refractivity contribution in [2.45, 2.75) is 42.9 Å². The molecule has 27 heavy (non-hydrogen) atoms. The lowest BCUT2D eigenvalue weighted by Gasteiger charge is -2.32. The normalized spacial score (nSPS) is 18.9. The summed E-state index contributed by atoms with van der Waals surface area (Å²) in [6.07, 6.45) is 1.08. The molecule has 1 aromatic heterocycles. The van der Waals surface area contributed by atoms with Crippen LogP contribution in [0.15, 0.2) is 62.6 Å². The summed E-state index contributed by atoms with van der Waals surface area (Å²) in [5.41, 5.74) is 3.37. The maximum atomic E-state index is 11.9. The summed E-state index contributed by atoms with van der Waals surface area (Å²) >= 11 is 1.70. The van der Waals surface area contributed by atoms with Gasteiger partial charge in [-0.25, -0.2) is 4.79 Å². The molecule has 0 saturated heterocycles. The Labute approximate surface area is 161 Å². The Morgan fingerprint density at radius 2 is 1.93 bits per heavy atom. The van der Waals surface area contributed by atoms with Crippen LogP contribution in [0.5, 0.6) is 0 Å². The molecule has 4 rings (SSSR count). The van der Waals surface area contributed by atoms with E-state index >= 15 is 0 Å². The highest BCUT2D eigenvalue weighted by Gasteiger charge is 2.33. The van der Waals surface area contributed by atoms with Crippen LogP contribution in [0.4, 0.5) is 0 Å². The molecule has 3 aromatic rings. The fourth-order valence-electron chi connectivity index (χ4n) is 3.70. The molecule has 1 heterocycles. The van der Waals surface area contributed by atoms with E-state index < -0.39 is 0 Å². The SMILES string of the molecule is CC(=O)OC1Cc2ccc3c(C)cc(=O)oc3c2CC1Sc1ccccc1. The van der Waals surface area contributed by atoms with E-state index in [9.17, 15) is 9.59 Å². The zero-order chi connectivity index (χ0) is 19.0. The first-order valence-corrected chi connectivity index (χ1v) is 9.83. The number of thioether (sulfide) groups is 1. The molecule has 0 bridgehead atoms. The molecule has 4 nitrogen and oxygen atoms in total. The van der Waals surface area contributed by atoms with Crippen molar-refractivity contribution in [1.82, 2.24) is 0 Å². The summed E-state index contributed by atoms with van der Waals surface area (Å²) in [4.78, 5) is 24.7. The number of esters is 1. The Hall–Kier alpha value is -2.53. The van der Waals surface area contributed by atoms with Crippen molar-refractivity contribution >= 4 is 28.7 Å². The summed E-state index contributed by atoms with van der Waals surface area (Å²) < 4.78 is 11.2. The molecular weight excluding hydrogens is 360 g/mol. The van der Waals surface area contributed by atoms with Gasteiger partial charge in [0.1, 0.15) is 11.7 Å². The fourth-order valence-corrected chi connectivity index (χ4v) is 4.92. The van der Waals surface area contributed by atoms with Crippen molar-refractivity contribution in [3.8, 4) is 0 Å². The molecule has 1 aliphatic rings. The van der Waals surface area contributed by atoms with Crippen LogP contribution in [0.3, 0.4) is 0 Å². The highest BCUT2D eigenvalue weighted by Crippen LogP contribution is 2.38. The number of hydrogen-bond donors (Lipinski definition) is 0. The largest absolute Gasteiger partial charge is 0.461 e. The average Bonchev–Trinajstić information content (AvgIpc) is 2.62. The van der Waals surface area contributed by atoms with Gasteiger partial charge in [-0.15, -0.1) is 11.8 Å². The lowest BCUT2D eigenvalue weighted by atomic mass is 9.87. The summed E-state index contributed by atoms with van der Waals surface area (Å²) in [7, 11) is 0. The van der Waals surface area contributed by atoms with Gasteiger partial charge in [-0.1, -0.05) is 30.3 Å². The predicted molar refractivity (Wildman–Crippen MR) is 106 cm³/mol. The van der Waals surface area contributed by atoms with Gasteiger partial charge in [0, 0.05) is 35.3 Å². The minimum absolute atomic E-state index is 0.0558. The lowest BCUT2D eigenvalue weighted by molar-refractivity contribution is -0.146. The lowest BCUT2D eigenvalue weighted by Crippen LogP contribution is -2.36. The van der Waals surface area contributed by atoms with E-state index in [4.69, 9.17) is 9.15 Å². The van der Waals surface area contributed by atoms with Gasteiger partial charge in [-0.2, -0.15) is 0 Å². The highest BCUT2D eigenvalue weighted by atomic mass is 32.2. The Kier molecular flexibility index (Phi) is 4.79. The quantitative estimate of drug-likeness (QED) is 0.501. The number of fused-ring (bicyclic) bond motifs is 3. The highest BCUT2D eigenvalue weighted by molar-refractivity contribution is 8.00. The van der Waals surface area contributed by atoms with E-state index in [1.54, 1.807) is 11.8 Å². The average molecular weight is 380 g/mol. The van der Waals surface area contributed by atoms with Gasteiger partial charge < -0.3 is 9.15 Å². The third-order valence-corrected chi connectivity index (χ3v) is 6.23. The molecule has 138 valence electrons. The van der Waals surface area contributed by atoms with E-state index in [-0.39, 0.29) is 22.9 Å². The zero-order valence-electron chi connectivity index (χ0n) is 15.2. The standard InChI is InChI=1S/C22H20O4S/c1-13-10-21(24)26-22-17(13)9-8-15-11-19(25-14(2)23)20(12-18(15)22)27-16-6-4-3-5-7-16/h3-10,19-20H,11-12H2,1-2H3. The number of carbonyl (C=O) groups excluding carboxylic acids is 1. The van der Waals surface area contributed by atoms with Gasteiger partial charge in [0.25, 0.3) is 0 Å². The Balaban J connectivity index is 1.78. The van der Waals surface area contributed by atoms with Gasteiger partial charge in [-0.3, -0.25) is 4.79 Å². The maximum Gasteiger partial charge on any atom is 0.336 e. The van der Waals surface area contributed by atoms with Crippen molar-refractivity contribution in [3.63, 3.8) is 0 Å². The molecule has 0 saturated carbocycles. The molecule has 5 heteroatoms. The first-order chi connectivity index (χ1) is 13.0. The van der Waals surface area contributed by atoms with Crippen LogP contribution in [-0.4, -0.2) is 17.3 Å². The van der Waals surface area contributed by atoms with Crippen molar-refractivity contribution < 1.29 is 13.9 Å². The van der Waals surface area contributed by atoms with E-state index in [1.807, 2.05) is 31.2 Å². The number of benzene rings is 2. The van der Waals surface area contributed by atoms with E-state index in [0.29, 0.717) is 18.4 Å². The van der Waals surface area contributed by atoms with E-state index in [1.165, 1.54) is 13.0 Å². The molecule has 2 unspecified atom stereocenters. The number of carbonyl (C=O) groups is 1. The Morgan fingerprint density at radius 3 is 2.67 bits per heavy atom.